The van der Waals surface area contributed by atoms with E-state index in [1.54, 1.807) is 11.0 Å². The molecule has 7 heteroatoms. The van der Waals surface area contributed by atoms with Gasteiger partial charge >= 0.3 is 0 Å². The van der Waals surface area contributed by atoms with Crippen molar-refractivity contribution in [3.63, 3.8) is 0 Å². The van der Waals surface area contributed by atoms with Gasteiger partial charge in [-0.05, 0) is 57.2 Å². The minimum Gasteiger partial charge on any atom is -0.505 e. The smallest absolute Gasteiger partial charge is 0.276 e. The van der Waals surface area contributed by atoms with E-state index in [0.29, 0.717) is 25.2 Å². The number of hydrogen-bond acceptors (Lipinski definition) is 5. The van der Waals surface area contributed by atoms with Gasteiger partial charge in [-0.2, -0.15) is 0 Å². The zero-order valence-corrected chi connectivity index (χ0v) is 15.6. The van der Waals surface area contributed by atoms with Gasteiger partial charge in [-0.15, -0.1) is 0 Å². The van der Waals surface area contributed by atoms with Crippen LogP contribution in [0.25, 0.3) is 0 Å². The number of likely N-dealkylation sites (tertiary alicyclic amines) is 2. The maximum Gasteiger partial charge on any atom is 0.276 e. The summed E-state index contributed by atoms with van der Waals surface area (Å²) < 4.78 is 0. The second-order valence-corrected chi connectivity index (χ2v) is 8.01. The van der Waals surface area contributed by atoms with E-state index >= 15 is 0 Å². The van der Waals surface area contributed by atoms with Gasteiger partial charge in [0.2, 0.25) is 5.91 Å². The van der Waals surface area contributed by atoms with Crippen LogP contribution in [0.5, 0.6) is 5.75 Å². The second-order valence-electron chi connectivity index (χ2n) is 8.01. The van der Waals surface area contributed by atoms with Gasteiger partial charge in [0, 0.05) is 37.9 Å². The highest BCUT2D eigenvalue weighted by molar-refractivity contribution is 5.94. The van der Waals surface area contributed by atoms with Crippen molar-refractivity contribution in [2.24, 2.45) is 5.92 Å². The lowest BCUT2D eigenvalue weighted by molar-refractivity contribution is -0.127. The summed E-state index contributed by atoms with van der Waals surface area (Å²) in [4.78, 5) is 33.2. The van der Waals surface area contributed by atoms with Gasteiger partial charge in [-0.3, -0.25) is 14.5 Å². The third-order valence-corrected chi connectivity index (χ3v) is 6.00. The Morgan fingerprint density at radius 3 is 2.59 bits per heavy atom. The first-order valence-electron chi connectivity index (χ1n) is 10.1. The molecule has 4 rings (SSSR count). The Bertz CT molecular complexity index is 698. The Labute approximate surface area is 159 Å². The number of rotatable bonds is 4. The first kappa shape index (κ1) is 18.2. The molecule has 3 fully saturated rings. The van der Waals surface area contributed by atoms with Gasteiger partial charge in [-0.25, -0.2) is 4.98 Å². The van der Waals surface area contributed by atoms with E-state index in [2.05, 4.69) is 15.2 Å². The molecule has 27 heavy (non-hydrogen) atoms. The normalized spacial score (nSPS) is 24.6. The number of carbonyl (C=O) groups is 2. The van der Waals surface area contributed by atoms with Crippen LogP contribution in [0.3, 0.4) is 0 Å². The molecule has 2 amide bonds. The third-order valence-electron chi connectivity index (χ3n) is 6.00. The molecular formula is C20H28N4O3. The molecule has 1 aliphatic carbocycles. The molecule has 7 nitrogen and oxygen atoms in total. The van der Waals surface area contributed by atoms with Gasteiger partial charge < -0.3 is 15.3 Å². The molecule has 0 radical (unpaired) electrons. The molecular weight excluding hydrogens is 344 g/mol. The fraction of sp³-hybridized carbons (Fsp3) is 0.650. The average Bonchev–Trinajstić information content (AvgIpc) is 3.52. The van der Waals surface area contributed by atoms with E-state index in [1.165, 1.54) is 12.3 Å². The van der Waals surface area contributed by atoms with Crippen molar-refractivity contribution >= 4 is 11.8 Å². The number of nitrogens with zero attached hydrogens (tertiary/aromatic N) is 3. The van der Waals surface area contributed by atoms with Gasteiger partial charge in [0.05, 0.1) is 5.92 Å². The monoisotopic (exact) mass is 372 g/mol. The minimum absolute atomic E-state index is 0.0647. The predicted octanol–water partition coefficient (Wildman–Crippen LogP) is 1.38. The number of amides is 2. The van der Waals surface area contributed by atoms with Crippen LogP contribution < -0.4 is 5.32 Å². The van der Waals surface area contributed by atoms with E-state index in [9.17, 15) is 14.7 Å². The molecule has 1 atom stereocenters. The first-order chi connectivity index (χ1) is 13.1. The molecule has 0 unspecified atom stereocenters. The molecule has 0 spiro atoms. The Kier molecular flexibility index (Phi) is 5.29. The Morgan fingerprint density at radius 2 is 1.89 bits per heavy atom. The SMILES string of the molecule is O=C(NC1CC1)[C@@H]1CCCN(C2CCN(C(=O)c3ncccc3O)CC2)C1. The molecule has 0 bridgehead atoms. The summed E-state index contributed by atoms with van der Waals surface area (Å²) in [6, 6.07) is 3.95. The lowest BCUT2D eigenvalue weighted by Crippen LogP contribution is -2.51. The molecule has 2 N–H and O–H groups in total. The van der Waals surface area contributed by atoms with E-state index in [-0.39, 0.29) is 29.2 Å². The summed E-state index contributed by atoms with van der Waals surface area (Å²) in [5, 5.41) is 13.0. The van der Waals surface area contributed by atoms with Crippen LogP contribution in [0.15, 0.2) is 18.3 Å². The van der Waals surface area contributed by atoms with E-state index in [1.807, 2.05) is 0 Å². The third kappa shape index (κ3) is 4.24. The maximum atomic E-state index is 12.6. The van der Waals surface area contributed by atoms with Crippen LogP contribution in [-0.2, 0) is 4.79 Å². The summed E-state index contributed by atoms with van der Waals surface area (Å²) in [6.45, 7) is 3.19. The molecule has 1 saturated carbocycles. The van der Waals surface area contributed by atoms with Crippen LogP contribution in [0.4, 0.5) is 0 Å². The number of piperidine rings is 2. The summed E-state index contributed by atoms with van der Waals surface area (Å²) in [5.41, 5.74) is 0.130. The van der Waals surface area contributed by atoms with Crippen molar-refractivity contribution in [1.29, 1.82) is 0 Å². The lowest BCUT2D eigenvalue weighted by atomic mass is 9.93. The van der Waals surface area contributed by atoms with Gasteiger partial charge in [0.1, 0.15) is 5.75 Å². The lowest BCUT2D eigenvalue weighted by Gasteiger charge is -2.42. The summed E-state index contributed by atoms with van der Waals surface area (Å²) in [7, 11) is 0. The number of hydrogen-bond donors (Lipinski definition) is 2. The predicted molar refractivity (Wildman–Crippen MR) is 100 cm³/mol. The van der Waals surface area contributed by atoms with E-state index in [4.69, 9.17) is 0 Å². The van der Waals surface area contributed by atoms with Crippen molar-refractivity contribution in [1.82, 2.24) is 20.1 Å². The topological polar surface area (TPSA) is 85.8 Å². The highest BCUT2D eigenvalue weighted by Crippen LogP contribution is 2.26. The quantitative estimate of drug-likeness (QED) is 0.834. The van der Waals surface area contributed by atoms with Crippen LogP contribution in [-0.4, -0.2) is 70.0 Å². The van der Waals surface area contributed by atoms with Crippen molar-refractivity contribution in [2.75, 3.05) is 26.2 Å². The fourth-order valence-electron chi connectivity index (χ4n) is 4.24. The fourth-order valence-corrected chi connectivity index (χ4v) is 4.24. The number of nitrogens with one attached hydrogen (secondary N) is 1. The van der Waals surface area contributed by atoms with Crippen molar-refractivity contribution in [2.45, 2.75) is 50.6 Å². The maximum absolute atomic E-state index is 12.6. The zero-order chi connectivity index (χ0) is 18.8. The van der Waals surface area contributed by atoms with Crippen LogP contribution >= 0.6 is 0 Å². The van der Waals surface area contributed by atoms with Crippen LogP contribution in [0, 0.1) is 5.92 Å². The molecule has 3 aliphatic rings. The standard InChI is InChI=1S/C20H28N4O3/c25-17-4-1-9-21-18(17)20(27)23-11-7-16(8-12-23)24-10-2-3-14(13-24)19(26)22-15-5-6-15/h1,4,9,14-16,25H,2-3,5-8,10-13H2,(H,22,26)/t14-/m1/s1. The average molecular weight is 372 g/mol. The van der Waals surface area contributed by atoms with Crippen molar-refractivity contribution < 1.29 is 14.7 Å². The molecule has 3 heterocycles. The van der Waals surface area contributed by atoms with Gasteiger partial charge in [-0.1, -0.05) is 0 Å². The highest BCUT2D eigenvalue weighted by Gasteiger charge is 2.34. The Balaban J connectivity index is 1.30. The van der Waals surface area contributed by atoms with E-state index in [0.717, 1.165) is 51.6 Å². The number of aromatic nitrogens is 1. The number of carbonyl (C=O) groups excluding carboxylic acids is 2. The van der Waals surface area contributed by atoms with Gasteiger partial charge in [0.25, 0.3) is 5.91 Å². The molecule has 2 aliphatic heterocycles. The number of pyridine rings is 1. The first-order valence-corrected chi connectivity index (χ1v) is 10.1. The van der Waals surface area contributed by atoms with Gasteiger partial charge in [0.15, 0.2) is 5.69 Å². The van der Waals surface area contributed by atoms with Crippen molar-refractivity contribution in [3.8, 4) is 5.75 Å². The van der Waals surface area contributed by atoms with Crippen LogP contribution in [0.1, 0.15) is 49.0 Å². The van der Waals surface area contributed by atoms with Crippen molar-refractivity contribution in [3.05, 3.63) is 24.0 Å². The molecule has 1 aromatic heterocycles. The second kappa shape index (κ2) is 7.84. The highest BCUT2D eigenvalue weighted by atomic mass is 16.3. The largest absolute Gasteiger partial charge is 0.505 e. The number of aromatic hydroxyl groups is 1. The summed E-state index contributed by atoms with van der Waals surface area (Å²) in [6.07, 6.45) is 7.61. The zero-order valence-electron chi connectivity index (χ0n) is 15.6. The molecule has 0 aromatic carbocycles. The minimum atomic E-state index is -0.202. The molecule has 1 aromatic rings. The summed E-state index contributed by atoms with van der Waals surface area (Å²) >= 11 is 0. The molecule has 2 saturated heterocycles. The Hall–Kier alpha value is -2.15. The van der Waals surface area contributed by atoms with Crippen LogP contribution in [0.2, 0.25) is 0 Å². The molecule has 146 valence electrons. The van der Waals surface area contributed by atoms with E-state index < -0.39 is 0 Å². The summed E-state index contributed by atoms with van der Waals surface area (Å²) in [5.74, 6) is 0.0574. The Morgan fingerprint density at radius 1 is 1.11 bits per heavy atom.